The van der Waals surface area contributed by atoms with E-state index in [4.69, 9.17) is 53.6 Å². The molecular formula is C107H97FO17. The molecule has 12 aromatic rings. The van der Waals surface area contributed by atoms with E-state index in [1.54, 1.807) is 122 Å². The number of hydrogen-bond donors (Lipinski definition) is 6. The van der Waals surface area contributed by atoms with Gasteiger partial charge < -0.3 is 63.8 Å². The summed E-state index contributed by atoms with van der Waals surface area (Å²) in [5.41, 5.74) is 28.2. The number of allylic oxidation sites excluding steroid dienone is 7. The van der Waals surface area contributed by atoms with Crippen LogP contribution < -0.4 is 33.2 Å². The lowest BCUT2D eigenvalue weighted by molar-refractivity contribution is 0.0686. The summed E-state index contributed by atoms with van der Waals surface area (Å²) in [6.45, 7) is 0.272. The van der Waals surface area contributed by atoms with Gasteiger partial charge in [0.2, 0.25) is 0 Å². The first-order valence-electron chi connectivity index (χ1n) is 41.1. The molecule has 12 aromatic carbocycles. The Balaban J connectivity index is 0.000000143. The minimum Gasteiger partial charge on any atom is -0.497 e. The number of carboxylic acids is 4. The fourth-order valence-corrected chi connectivity index (χ4v) is 16.2. The Morgan fingerprint density at radius 2 is 0.776 bits per heavy atom. The summed E-state index contributed by atoms with van der Waals surface area (Å²) >= 11 is 0. The second kappa shape index (κ2) is 41.8. The highest BCUT2D eigenvalue weighted by Crippen LogP contribution is 2.43. The maximum absolute atomic E-state index is 14.6. The fraction of sp³-hybridized carbons (Fsp3) is 0.196. The first-order chi connectivity index (χ1) is 60.7. The Hall–Kier alpha value is -14.5. The zero-order valence-corrected chi connectivity index (χ0v) is 70.5. The Morgan fingerprint density at radius 1 is 0.368 bits per heavy atom. The van der Waals surface area contributed by atoms with Gasteiger partial charge in [-0.15, -0.1) is 0 Å². The molecule has 18 heteroatoms. The van der Waals surface area contributed by atoms with Gasteiger partial charge in [0.05, 0.1) is 78.1 Å². The molecule has 0 aromatic heterocycles. The highest BCUT2D eigenvalue weighted by Gasteiger charge is 2.26. The number of aliphatic hydroxyl groups excluding tert-OH is 2. The molecule has 0 radical (unpaired) electrons. The van der Waals surface area contributed by atoms with Crippen LogP contribution in [0, 0.1) is 17.7 Å². The van der Waals surface area contributed by atoms with Gasteiger partial charge in [-0.2, -0.15) is 0 Å². The molecule has 0 saturated heterocycles. The third-order valence-corrected chi connectivity index (χ3v) is 22.5. The van der Waals surface area contributed by atoms with Crippen molar-refractivity contribution in [3.63, 3.8) is 0 Å². The van der Waals surface area contributed by atoms with Gasteiger partial charge in [-0.1, -0.05) is 133 Å². The molecule has 125 heavy (non-hydrogen) atoms. The number of aromatic carboxylic acids is 4. The Morgan fingerprint density at radius 3 is 1.27 bits per heavy atom. The van der Waals surface area contributed by atoms with E-state index in [0.717, 1.165) is 193 Å². The summed E-state index contributed by atoms with van der Waals surface area (Å²) in [7, 11) is 9.85. The number of aryl methyl sites for hydroxylation is 5. The molecule has 0 saturated carbocycles. The number of benzene rings is 12. The first-order valence-corrected chi connectivity index (χ1v) is 41.1. The van der Waals surface area contributed by atoms with Gasteiger partial charge >= 0.3 is 23.9 Å². The van der Waals surface area contributed by atoms with E-state index in [1.807, 2.05) is 109 Å². The second-order valence-corrected chi connectivity index (χ2v) is 30.6. The molecule has 0 bridgehead atoms. The van der Waals surface area contributed by atoms with Crippen molar-refractivity contribution in [2.45, 2.75) is 96.9 Å². The van der Waals surface area contributed by atoms with Gasteiger partial charge in [0.25, 0.3) is 0 Å². The average molecular weight is 1670 g/mol. The van der Waals surface area contributed by atoms with Gasteiger partial charge in [0, 0.05) is 28.8 Å². The normalized spacial score (nSPS) is 12.6. The molecular weight excluding hydrogens is 1580 g/mol. The van der Waals surface area contributed by atoms with Crippen molar-refractivity contribution in [2.24, 2.45) is 0 Å². The first kappa shape index (κ1) is 88.3. The predicted octanol–water partition coefficient (Wildman–Crippen LogP) is 20.3. The summed E-state index contributed by atoms with van der Waals surface area (Å²) in [4.78, 5) is 44.2. The molecule has 16 rings (SSSR count). The number of carbonyl (C=O) groups is 4. The summed E-state index contributed by atoms with van der Waals surface area (Å²) in [5.74, 6) is 7.87. The predicted molar refractivity (Wildman–Crippen MR) is 484 cm³/mol. The lowest BCUT2D eigenvalue weighted by atomic mass is 9.91. The molecule has 17 nitrogen and oxygen atoms in total. The minimum atomic E-state index is -0.947. The summed E-state index contributed by atoms with van der Waals surface area (Å²) in [6, 6.07) is 73.0. The average Bonchev–Trinajstić information content (AvgIpc) is 1.66. The third-order valence-electron chi connectivity index (χ3n) is 22.5. The smallest absolute Gasteiger partial charge is 0.335 e. The molecule has 0 atom stereocenters. The molecule has 0 amide bonds. The van der Waals surface area contributed by atoms with E-state index in [0.29, 0.717) is 30.8 Å². The van der Waals surface area contributed by atoms with E-state index in [-0.39, 0.29) is 35.7 Å². The van der Waals surface area contributed by atoms with E-state index in [1.165, 1.54) is 50.6 Å². The Labute approximate surface area is 726 Å². The Kier molecular flexibility index (Phi) is 29.6. The monoisotopic (exact) mass is 1670 g/mol. The molecule has 0 spiro atoms. The number of methoxy groups -OCH3 is 6. The third kappa shape index (κ3) is 22.6. The quantitative estimate of drug-likeness (QED) is 0.0249. The van der Waals surface area contributed by atoms with Crippen molar-refractivity contribution in [3.8, 4) is 52.1 Å². The zero-order chi connectivity index (χ0) is 88.0. The van der Waals surface area contributed by atoms with Crippen molar-refractivity contribution in [1.29, 1.82) is 0 Å². The van der Waals surface area contributed by atoms with Crippen molar-refractivity contribution >= 4 is 52.2 Å². The SMILES string of the molecule is COc1cc(/C=C2\CCc3cccc(OCc4ccc(C(=O)O)cc4)c32)cc(OC)c1.COc1cc(CC2=CCc3cccc(CCc4ccc(C(=O)O)cc4)c32)cc(OC)c1.COc1cc(CO)cc(CC2=CCc3c(F)ccc(CCc4ccc(C(=O)O)cc4)c32)c1.COc1cc(CO)cc(CC2=CCc3cccc(C#Cc4ccc(C(=O)O)cc4)c32)c1. The standard InChI is InChI=1S/C27H25FO4.C27H26O4.C27H22O4.C26H24O5/c1-32-23-14-18(12-19(15-23)16-29)13-22-8-10-24-25(28)11-9-20(26(22)24)5-2-17-3-6-21(7-4-17)27(30)31;1-30-24-15-19(16-25(17-24)31-2)14-23-13-12-21-5-3-4-20(26(21)23)9-6-18-7-10-22(11-8-18)27(28)29;1-31-25-15-19(13-20(16-25)17-28)14-24-12-11-22-4-2-3-21(26(22)24)8-5-18-6-9-23(10-7-18)27(29)30;1-29-22-13-18(14-23(15-22)30-2)12-21-11-10-19-4-3-5-24(25(19)21)31-16-17-6-8-20(9-7-17)26(27)28/h3-4,6-9,11-12,14-15,29H,2,5,10,13,16H2,1H3,(H,30,31);3-5,7-8,10-11,13,15-17H,6,9,12,14H2,1-2H3,(H,28,29);2-4,6-7,9-10,12-13,15-16,28H,11,14,17H2,1H3,(H,29,30);3-9,12-15H,10-11,16H2,1-2H3,(H,27,28)/b;;;21-12+. The summed E-state index contributed by atoms with van der Waals surface area (Å²) < 4.78 is 53.1. The maximum Gasteiger partial charge on any atom is 0.335 e. The van der Waals surface area contributed by atoms with Crippen LogP contribution in [0.25, 0.3) is 28.4 Å². The molecule has 6 N–H and O–H groups in total. The van der Waals surface area contributed by atoms with E-state index in [9.17, 15) is 33.8 Å². The molecule has 0 unspecified atom stereocenters. The van der Waals surface area contributed by atoms with E-state index >= 15 is 0 Å². The van der Waals surface area contributed by atoms with Crippen molar-refractivity contribution < 1.29 is 87.4 Å². The fourth-order valence-electron chi connectivity index (χ4n) is 16.2. The van der Waals surface area contributed by atoms with Gasteiger partial charge in [0.1, 0.15) is 52.7 Å². The molecule has 0 fully saturated rings. The number of rotatable bonds is 28. The zero-order valence-electron chi connectivity index (χ0n) is 70.5. The lowest BCUT2D eigenvalue weighted by Crippen LogP contribution is -2.02. The molecule has 0 heterocycles. The van der Waals surface area contributed by atoms with Crippen LogP contribution in [-0.2, 0) is 90.4 Å². The second-order valence-electron chi connectivity index (χ2n) is 30.6. The number of hydrogen-bond acceptors (Lipinski definition) is 13. The van der Waals surface area contributed by atoms with E-state index in [2.05, 4.69) is 78.6 Å². The number of ether oxygens (including phenoxy) is 7. The van der Waals surface area contributed by atoms with Crippen LogP contribution in [0.1, 0.15) is 165 Å². The number of halogens is 1. The van der Waals surface area contributed by atoms with E-state index < -0.39 is 23.9 Å². The van der Waals surface area contributed by atoms with Crippen LogP contribution in [0.2, 0.25) is 0 Å². The highest BCUT2D eigenvalue weighted by molar-refractivity contribution is 5.91. The maximum atomic E-state index is 14.6. The van der Waals surface area contributed by atoms with Crippen LogP contribution in [0.15, 0.2) is 255 Å². The Bertz CT molecular complexity index is 6070. The van der Waals surface area contributed by atoms with Gasteiger partial charge in [0.15, 0.2) is 0 Å². The van der Waals surface area contributed by atoms with Crippen molar-refractivity contribution in [3.05, 3.63) is 400 Å². The van der Waals surface area contributed by atoms with Crippen LogP contribution in [0.3, 0.4) is 0 Å². The van der Waals surface area contributed by atoms with Crippen molar-refractivity contribution in [2.75, 3.05) is 42.7 Å². The van der Waals surface area contributed by atoms with Crippen LogP contribution in [0.4, 0.5) is 4.39 Å². The molecule has 4 aliphatic rings. The summed E-state index contributed by atoms with van der Waals surface area (Å²) in [6.07, 6.45) is 18.5. The minimum absolute atomic E-state index is 0.0305. The van der Waals surface area contributed by atoms with Gasteiger partial charge in [-0.05, 0) is 327 Å². The molecule has 634 valence electrons. The van der Waals surface area contributed by atoms with Crippen LogP contribution >= 0.6 is 0 Å². The van der Waals surface area contributed by atoms with Gasteiger partial charge in [-0.25, -0.2) is 23.6 Å². The summed E-state index contributed by atoms with van der Waals surface area (Å²) in [5, 5.41) is 55.3. The van der Waals surface area contributed by atoms with Gasteiger partial charge in [-0.3, -0.25) is 0 Å². The van der Waals surface area contributed by atoms with Crippen molar-refractivity contribution in [1.82, 2.24) is 0 Å². The van der Waals surface area contributed by atoms with Crippen LogP contribution in [-0.4, -0.2) is 97.2 Å². The molecule has 4 aliphatic carbocycles. The van der Waals surface area contributed by atoms with Crippen LogP contribution in [0.5, 0.6) is 40.2 Å². The number of aliphatic hydroxyl groups is 2. The largest absolute Gasteiger partial charge is 0.497 e. The highest BCUT2D eigenvalue weighted by atomic mass is 19.1. The topological polar surface area (TPSA) is 254 Å². The number of fused-ring (bicyclic) bond motifs is 4. The number of carboxylic acid groups (broad SMARTS) is 4. The molecule has 0 aliphatic heterocycles. The lowest BCUT2D eigenvalue weighted by Gasteiger charge is -2.15.